The van der Waals surface area contributed by atoms with Gasteiger partial charge in [-0.15, -0.1) is 0 Å². The van der Waals surface area contributed by atoms with Crippen molar-refractivity contribution >= 4 is 17.6 Å². The lowest BCUT2D eigenvalue weighted by atomic mass is 10.1. The Balaban J connectivity index is 1.63. The molecule has 0 saturated carbocycles. The summed E-state index contributed by atoms with van der Waals surface area (Å²) in [6.07, 6.45) is 2.55. The number of halogens is 1. The lowest BCUT2D eigenvalue weighted by molar-refractivity contribution is -0.146. The molecule has 1 aromatic rings. The minimum atomic E-state index is -0.968. The summed E-state index contributed by atoms with van der Waals surface area (Å²) >= 11 is 0. The Morgan fingerprint density at radius 2 is 1.92 bits per heavy atom. The fourth-order valence-electron chi connectivity index (χ4n) is 3.71. The predicted octanol–water partition coefficient (Wildman–Crippen LogP) is 1.41. The van der Waals surface area contributed by atoms with Crippen LogP contribution in [-0.2, 0) is 9.59 Å². The van der Waals surface area contributed by atoms with E-state index in [9.17, 15) is 14.0 Å². The van der Waals surface area contributed by atoms with E-state index in [1.807, 2.05) is 6.07 Å². The smallest absolute Gasteiger partial charge is 0.323 e. The largest absolute Gasteiger partial charge is 0.480 e. The lowest BCUT2D eigenvalue weighted by Crippen LogP contribution is -2.55. The van der Waals surface area contributed by atoms with Gasteiger partial charge in [0, 0.05) is 38.4 Å². The van der Waals surface area contributed by atoms with Crippen molar-refractivity contribution < 1.29 is 19.1 Å². The number of benzene rings is 1. The third-order valence-electron chi connectivity index (χ3n) is 5.01. The number of nitrogens with zero attached hydrogens (tertiary/aromatic N) is 3. The molecular formula is C18H24FN3O3. The third-order valence-corrected chi connectivity index (χ3v) is 5.01. The van der Waals surface area contributed by atoms with Crippen LogP contribution in [0.2, 0.25) is 0 Å². The van der Waals surface area contributed by atoms with Gasteiger partial charge in [0.1, 0.15) is 12.4 Å². The van der Waals surface area contributed by atoms with Crippen molar-refractivity contribution in [2.75, 3.05) is 44.2 Å². The van der Waals surface area contributed by atoms with Crippen LogP contribution in [0.5, 0.6) is 0 Å². The summed E-state index contributed by atoms with van der Waals surface area (Å²) in [7, 11) is 0. The van der Waals surface area contributed by atoms with Gasteiger partial charge in [0.2, 0.25) is 5.91 Å². The second kappa shape index (κ2) is 7.82. The van der Waals surface area contributed by atoms with E-state index in [0.29, 0.717) is 19.6 Å². The molecule has 2 aliphatic rings. The average Bonchev–Trinajstić information content (AvgIpc) is 2.77. The van der Waals surface area contributed by atoms with Gasteiger partial charge in [0.15, 0.2) is 0 Å². The van der Waals surface area contributed by atoms with E-state index in [1.165, 1.54) is 17.0 Å². The Kier molecular flexibility index (Phi) is 5.53. The average molecular weight is 349 g/mol. The molecule has 0 spiro atoms. The molecule has 1 atom stereocenters. The first-order valence-electron chi connectivity index (χ1n) is 8.80. The first-order chi connectivity index (χ1) is 12.0. The number of carbonyl (C=O) groups is 2. The van der Waals surface area contributed by atoms with E-state index in [1.54, 1.807) is 6.07 Å². The standard InChI is InChI=1S/C18H24FN3O3/c19-14-4-3-5-15(12-14)20-8-10-21(11-9-20)16-6-1-2-7-22(18(16)25)13-17(23)24/h3-5,12,16H,1-2,6-11,13H2,(H,23,24). The molecule has 25 heavy (non-hydrogen) atoms. The van der Waals surface area contributed by atoms with E-state index < -0.39 is 5.97 Å². The van der Waals surface area contributed by atoms with E-state index in [-0.39, 0.29) is 24.3 Å². The number of carboxylic acids is 1. The quantitative estimate of drug-likeness (QED) is 0.891. The van der Waals surface area contributed by atoms with Crippen LogP contribution in [0, 0.1) is 5.82 Å². The number of amides is 1. The maximum atomic E-state index is 13.4. The van der Waals surface area contributed by atoms with Gasteiger partial charge in [0.05, 0.1) is 6.04 Å². The summed E-state index contributed by atoms with van der Waals surface area (Å²) in [4.78, 5) is 29.5. The van der Waals surface area contributed by atoms with Gasteiger partial charge in [-0.25, -0.2) is 4.39 Å². The minimum Gasteiger partial charge on any atom is -0.480 e. The molecular weight excluding hydrogens is 325 g/mol. The minimum absolute atomic E-state index is 0.0703. The van der Waals surface area contributed by atoms with E-state index >= 15 is 0 Å². The molecule has 6 nitrogen and oxygen atoms in total. The maximum Gasteiger partial charge on any atom is 0.323 e. The normalized spacial score (nSPS) is 22.8. The molecule has 3 rings (SSSR count). The number of rotatable bonds is 4. The number of piperazine rings is 1. The zero-order valence-corrected chi connectivity index (χ0v) is 14.2. The Morgan fingerprint density at radius 3 is 2.60 bits per heavy atom. The van der Waals surface area contributed by atoms with Crippen molar-refractivity contribution in [3.8, 4) is 0 Å². The number of hydrogen-bond donors (Lipinski definition) is 1. The first kappa shape index (κ1) is 17.7. The third kappa shape index (κ3) is 4.28. The monoisotopic (exact) mass is 349 g/mol. The van der Waals surface area contributed by atoms with E-state index in [4.69, 9.17) is 5.11 Å². The number of carbonyl (C=O) groups excluding carboxylic acids is 1. The van der Waals surface area contributed by atoms with Gasteiger partial charge >= 0.3 is 5.97 Å². The highest BCUT2D eigenvalue weighted by Crippen LogP contribution is 2.22. The van der Waals surface area contributed by atoms with Crippen LogP contribution in [-0.4, -0.2) is 72.1 Å². The fraction of sp³-hybridized carbons (Fsp3) is 0.556. The highest BCUT2D eigenvalue weighted by atomic mass is 19.1. The second-order valence-corrected chi connectivity index (χ2v) is 6.67. The lowest BCUT2D eigenvalue weighted by Gasteiger charge is -2.40. The highest BCUT2D eigenvalue weighted by molar-refractivity contribution is 5.85. The summed E-state index contributed by atoms with van der Waals surface area (Å²) in [6, 6.07) is 6.32. The molecule has 2 saturated heterocycles. The Hall–Kier alpha value is -2.15. The van der Waals surface area contributed by atoms with Crippen molar-refractivity contribution in [1.29, 1.82) is 0 Å². The Morgan fingerprint density at radius 1 is 1.16 bits per heavy atom. The van der Waals surface area contributed by atoms with Crippen LogP contribution in [0.3, 0.4) is 0 Å². The summed E-state index contributed by atoms with van der Waals surface area (Å²) in [5.41, 5.74) is 0.861. The molecule has 0 aromatic heterocycles. The van der Waals surface area contributed by atoms with Crippen molar-refractivity contribution in [3.63, 3.8) is 0 Å². The van der Waals surface area contributed by atoms with Crippen LogP contribution in [0.25, 0.3) is 0 Å². The fourth-order valence-corrected chi connectivity index (χ4v) is 3.71. The summed E-state index contributed by atoms with van der Waals surface area (Å²) in [5.74, 6) is -1.28. The van der Waals surface area contributed by atoms with E-state index in [0.717, 1.165) is 38.0 Å². The van der Waals surface area contributed by atoms with Crippen LogP contribution in [0.4, 0.5) is 10.1 Å². The topological polar surface area (TPSA) is 64.1 Å². The maximum absolute atomic E-state index is 13.4. The molecule has 0 bridgehead atoms. The number of aliphatic carboxylic acids is 1. The Labute approximate surface area is 146 Å². The molecule has 1 amide bonds. The molecule has 2 aliphatic heterocycles. The van der Waals surface area contributed by atoms with Gasteiger partial charge in [-0.3, -0.25) is 14.5 Å². The zero-order valence-electron chi connectivity index (χ0n) is 14.2. The molecule has 7 heteroatoms. The summed E-state index contributed by atoms with van der Waals surface area (Å²) < 4.78 is 13.4. The van der Waals surface area contributed by atoms with Gasteiger partial charge in [-0.1, -0.05) is 6.07 Å². The molecule has 2 heterocycles. The van der Waals surface area contributed by atoms with Crippen molar-refractivity contribution in [3.05, 3.63) is 30.1 Å². The zero-order chi connectivity index (χ0) is 17.8. The van der Waals surface area contributed by atoms with Gasteiger partial charge in [0.25, 0.3) is 0 Å². The van der Waals surface area contributed by atoms with Crippen LogP contribution in [0.15, 0.2) is 24.3 Å². The number of carboxylic acid groups (broad SMARTS) is 1. The molecule has 0 aliphatic carbocycles. The van der Waals surface area contributed by atoms with Crippen LogP contribution < -0.4 is 4.90 Å². The van der Waals surface area contributed by atoms with Gasteiger partial charge < -0.3 is 14.9 Å². The van der Waals surface area contributed by atoms with Crippen LogP contribution in [0.1, 0.15) is 19.3 Å². The molecule has 1 N–H and O–H groups in total. The van der Waals surface area contributed by atoms with Crippen molar-refractivity contribution in [1.82, 2.24) is 9.80 Å². The van der Waals surface area contributed by atoms with Crippen molar-refractivity contribution in [2.45, 2.75) is 25.3 Å². The first-order valence-corrected chi connectivity index (χ1v) is 8.80. The molecule has 1 aromatic carbocycles. The molecule has 0 radical (unpaired) electrons. The Bertz CT molecular complexity index is 632. The highest BCUT2D eigenvalue weighted by Gasteiger charge is 2.34. The van der Waals surface area contributed by atoms with Gasteiger partial charge in [-0.05, 0) is 37.5 Å². The molecule has 136 valence electrons. The second-order valence-electron chi connectivity index (χ2n) is 6.67. The van der Waals surface area contributed by atoms with E-state index in [2.05, 4.69) is 9.80 Å². The van der Waals surface area contributed by atoms with Crippen LogP contribution >= 0.6 is 0 Å². The number of anilines is 1. The SMILES string of the molecule is O=C(O)CN1CCCCC(N2CCN(c3cccc(F)c3)CC2)C1=O. The number of hydrogen-bond acceptors (Lipinski definition) is 4. The molecule has 1 unspecified atom stereocenters. The predicted molar refractivity (Wildman–Crippen MR) is 92.0 cm³/mol. The number of likely N-dealkylation sites (tertiary alicyclic amines) is 1. The van der Waals surface area contributed by atoms with Crippen molar-refractivity contribution in [2.24, 2.45) is 0 Å². The van der Waals surface area contributed by atoms with Gasteiger partial charge in [-0.2, -0.15) is 0 Å². The summed E-state index contributed by atoms with van der Waals surface area (Å²) in [6.45, 7) is 3.18. The molecule has 2 fully saturated rings. The summed E-state index contributed by atoms with van der Waals surface area (Å²) in [5, 5.41) is 9.01.